The summed E-state index contributed by atoms with van der Waals surface area (Å²) in [6.45, 7) is 3.45. The molecular weight excluding hydrogens is 542 g/mol. The number of halogens is 4. The first kappa shape index (κ1) is 34.0. The maximum atomic E-state index is 14.5. The van der Waals surface area contributed by atoms with Crippen molar-refractivity contribution in [1.29, 1.82) is 0 Å². The molecule has 0 heterocycles. The van der Waals surface area contributed by atoms with Crippen molar-refractivity contribution in [3.8, 4) is 0 Å². The van der Waals surface area contributed by atoms with Crippen LogP contribution in [-0.4, -0.2) is 52.7 Å². The molecule has 41 heavy (non-hydrogen) atoms. The van der Waals surface area contributed by atoms with E-state index in [0.717, 1.165) is 30.5 Å². The van der Waals surface area contributed by atoms with Crippen LogP contribution in [-0.2, 0) is 28.9 Å². The Labute approximate surface area is 238 Å². The number of primary amides is 1. The Morgan fingerprint density at radius 3 is 2.27 bits per heavy atom. The Bertz CT molecular complexity index is 1110. The van der Waals surface area contributed by atoms with Gasteiger partial charge in [-0.15, -0.1) is 0 Å². The molecule has 5 N–H and O–H groups in total. The summed E-state index contributed by atoms with van der Waals surface area (Å²) in [7, 11) is 0. The average molecular weight is 584 g/mol. The van der Waals surface area contributed by atoms with Crippen LogP contribution >= 0.6 is 0 Å². The fourth-order valence-electron chi connectivity index (χ4n) is 4.58. The number of carbonyl (C=O) groups is 2. The number of benzene rings is 2. The number of carbonyl (C=O) groups excluding carboxylic acids is 2. The van der Waals surface area contributed by atoms with Crippen molar-refractivity contribution in [2.24, 2.45) is 11.5 Å². The molecule has 0 saturated carbocycles. The summed E-state index contributed by atoms with van der Waals surface area (Å²) < 4.78 is 61.3. The van der Waals surface area contributed by atoms with Gasteiger partial charge in [0.1, 0.15) is 11.6 Å². The van der Waals surface area contributed by atoms with Crippen molar-refractivity contribution < 1.29 is 37.0 Å². The molecule has 3 atom stereocenters. The lowest BCUT2D eigenvalue weighted by Crippen LogP contribution is -2.49. The Morgan fingerprint density at radius 2 is 1.66 bits per heavy atom. The Morgan fingerprint density at radius 1 is 1.00 bits per heavy atom. The highest BCUT2D eigenvalue weighted by Gasteiger charge is 2.35. The SMILES string of the molecule is CCCCCC(F)(F)CC[C@@H](OC(N)=O)C(=O)N(Cc1cccc(CC)c1)C[C@@H](O)[C@@H](N)Cc1cc(F)cc(F)c1. The molecule has 0 aliphatic heterocycles. The number of aryl methyl sites for hydroxylation is 1. The van der Waals surface area contributed by atoms with Crippen LogP contribution in [0.5, 0.6) is 0 Å². The van der Waals surface area contributed by atoms with E-state index in [4.69, 9.17) is 16.2 Å². The molecule has 0 spiro atoms. The van der Waals surface area contributed by atoms with Gasteiger partial charge in [0.25, 0.3) is 5.91 Å². The second kappa shape index (κ2) is 16.3. The number of unbranched alkanes of at least 4 members (excludes halogenated alkanes) is 2. The van der Waals surface area contributed by atoms with E-state index in [1.54, 1.807) is 12.1 Å². The Balaban J connectivity index is 2.27. The Kier molecular flexibility index (Phi) is 13.5. The van der Waals surface area contributed by atoms with E-state index in [1.807, 2.05) is 26.0 Å². The minimum Gasteiger partial charge on any atom is -0.436 e. The van der Waals surface area contributed by atoms with E-state index in [-0.39, 0.29) is 31.5 Å². The van der Waals surface area contributed by atoms with Crippen molar-refractivity contribution in [3.63, 3.8) is 0 Å². The summed E-state index contributed by atoms with van der Waals surface area (Å²) >= 11 is 0. The van der Waals surface area contributed by atoms with Gasteiger partial charge in [-0.2, -0.15) is 0 Å². The van der Waals surface area contributed by atoms with E-state index >= 15 is 0 Å². The molecule has 7 nitrogen and oxygen atoms in total. The average Bonchev–Trinajstić information content (AvgIpc) is 2.89. The number of alkyl halides is 2. The third-order valence-electron chi connectivity index (χ3n) is 6.83. The normalized spacial score (nSPS) is 13.9. The minimum atomic E-state index is -3.07. The molecule has 0 aliphatic rings. The smallest absolute Gasteiger partial charge is 0.405 e. The number of aliphatic hydroxyl groups excluding tert-OH is 1. The maximum Gasteiger partial charge on any atom is 0.405 e. The van der Waals surface area contributed by atoms with E-state index in [0.29, 0.717) is 24.5 Å². The van der Waals surface area contributed by atoms with Gasteiger partial charge in [0.2, 0.25) is 5.92 Å². The highest BCUT2D eigenvalue weighted by atomic mass is 19.3. The molecule has 0 radical (unpaired) electrons. The molecule has 0 aliphatic carbocycles. The van der Waals surface area contributed by atoms with Gasteiger partial charge < -0.3 is 26.2 Å². The van der Waals surface area contributed by atoms with Gasteiger partial charge in [-0.05, 0) is 54.5 Å². The summed E-state index contributed by atoms with van der Waals surface area (Å²) in [5.41, 5.74) is 13.2. The highest BCUT2D eigenvalue weighted by molar-refractivity contribution is 5.83. The number of aliphatic hydroxyl groups is 1. The maximum absolute atomic E-state index is 14.5. The van der Waals surface area contributed by atoms with Gasteiger partial charge in [0, 0.05) is 38.0 Å². The van der Waals surface area contributed by atoms with Crippen molar-refractivity contribution in [1.82, 2.24) is 4.90 Å². The predicted molar refractivity (Wildman–Crippen MR) is 148 cm³/mol. The molecule has 2 amide bonds. The summed E-state index contributed by atoms with van der Waals surface area (Å²) in [4.78, 5) is 26.4. The van der Waals surface area contributed by atoms with E-state index in [1.165, 1.54) is 4.90 Å². The standard InChI is InChI=1S/C30H41F4N3O4/c1-3-5-6-11-30(33,34)12-10-27(41-29(36)40)28(39)37(18-21-9-7-8-20(4-2)13-21)19-26(38)25(35)16-22-14-23(31)17-24(32)15-22/h7-9,13-15,17,25-27,38H,3-6,10-12,16,18-19,35H2,1-2H3,(H2,36,40)/t25-,26+,27+/m0/s1. The van der Waals surface area contributed by atoms with Crippen LogP contribution < -0.4 is 11.5 Å². The third-order valence-corrected chi connectivity index (χ3v) is 6.83. The van der Waals surface area contributed by atoms with Crippen LogP contribution in [0, 0.1) is 11.6 Å². The third kappa shape index (κ3) is 12.1. The van der Waals surface area contributed by atoms with Crippen molar-refractivity contribution in [3.05, 3.63) is 70.8 Å². The van der Waals surface area contributed by atoms with Gasteiger partial charge in [0.05, 0.1) is 6.10 Å². The summed E-state index contributed by atoms with van der Waals surface area (Å²) in [5, 5.41) is 10.9. The molecule has 0 unspecified atom stereocenters. The topological polar surface area (TPSA) is 119 Å². The number of rotatable bonds is 17. The number of ether oxygens (including phenoxy) is 1. The monoisotopic (exact) mass is 583 g/mol. The minimum absolute atomic E-state index is 0.0451. The second-order valence-corrected chi connectivity index (χ2v) is 10.4. The lowest BCUT2D eigenvalue weighted by Gasteiger charge is -2.31. The first-order valence-corrected chi connectivity index (χ1v) is 13.9. The zero-order valence-electron chi connectivity index (χ0n) is 23.6. The van der Waals surface area contributed by atoms with Gasteiger partial charge in [-0.1, -0.05) is 51.0 Å². The molecule has 0 saturated heterocycles. The van der Waals surface area contributed by atoms with Crippen LogP contribution in [0.1, 0.15) is 69.1 Å². The largest absolute Gasteiger partial charge is 0.436 e. The summed E-state index contributed by atoms with van der Waals surface area (Å²) in [6.07, 6.45) is -3.47. The van der Waals surface area contributed by atoms with Crippen LogP contribution in [0.2, 0.25) is 0 Å². The lowest BCUT2D eigenvalue weighted by molar-refractivity contribution is -0.144. The molecule has 0 aromatic heterocycles. The number of hydrogen-bond donors (Lipinski definition) is 3. The summed E-state index contributed by atoms with van der Waals surface area (Å²) in [5.74, 6) is -5.49. The van der Waals surface area contributed by atoms with Crippen LogP contribution in [0.3, 0.4) is 0 Å². The fraction of sp³-hybridized carbons (Fsp3) is 0.533. The molecule has 2 aromatic rings. The molecular formula is C30H41F4N3O4. The van der Waals surface area contributed by atoms with E-state index in [2.05, 4.69) is 0 Å². The molecule has 228 valence electrons. The first-order valence-electron chi connectivity index (χ1n) is 13.9. The zero-order chi connectivity index (χ0) is 30.6. The molecule has 0 bridgehead atoms. The molecule has 11 heteroatoms. The zero-order valence-corrected chi connectivity index (χ0v) is 23.6. The number of hydrogen-bond acceptors (Lipinski definition) is 5. The molecule has 2 aromatic carbocycles. The van der Waals surface area contributed by atoms with Crippen molar-refractivity contribution >= 4 is 12.0 Å². The predicted octanol–water partition coefficient (Wildman–Crippen LogP) is 5.25. The lowest BCUT2D eigenvalue weighted by atomic mass is 10.00. The van der Waals surface area contributed by atoms with E-state index < -0.39 is 60.6 Å². The van der Waals surface area contributed by atoms with Crippen LogP contribution in [0.4, 0.5) is 22.4 Å². The van der Waals surface area contributed by atoms with E-state index in [9.17, 15) is 32.3 Å². The number of amides is 2. The van der Waals surface area contributed by atoms with Crippen molar-refractivity contribution in [2.45, 2.75) is 95.9 Å². The van der Waals surface area contributed by atoms with Crippen LogP contribution in [0.15, 0.2) is 42.5 Å². The number of nitrogens with zero attached hydrogens (tertiary/aromatic N) is 1. The second-order valence-electron chi connectivity index (χ2n) is 10.4. The summed E-state index contributed by atoms with van der Waals surface area (Å²) in [6, 6.07) is 9.17. The van der Waals surface area contributed by atoms with Crippen molar-refractivity contribution in [2.75, 3.05) is 6.54 Å². The quantitative estimate of drug-likeness (QED) is 0.174. The molecule has 2 rings (SSSR count). The number of nitrogens with two attached hydrogens (primary N) is 2. The fourth-order valence-corrected chi connectivity index (χ4v) is 4.58. The first-order chi connectivity index (χ1) is 19.3. The van der Waals surface area contributed by atoms with Gasteiger partial charge >= 0.3 is 6.09 Å². The van der Waals surface area contributed by atoms with Gasteiger partial charge in [-0.3, -0.25) is 4.79 Å². The van der Waals surface area contributed by atoms with Gasteiger partial charge in [-0.25, -0.2) is 22.4 Å². The highest BCUT2D eigenvalue weighted by Crippen LogP contribution is 2.29. The molecule has 0 fully saturated rings. The Hall–Kier alpha value is -3.18. The van der Waals surface area contributed by atoms with Gasteiger partial charge in [0.15, 0.2) is 6.10 Å². The van der Waals surface area contributed by atoms with Crippen LogP contribution in [0.25, 0.3) is 0 Å².